The number of aliphatic carboxylic acids is 1. The fourth-order valence-corrected chi connectivity index (χ4v) is 2.85. The first-order valence-electron chi connectivity index (χ1n) is 10.2. The van der Waals surface area contributed by atoms with Gasteiger partial charge in [0.2, 0.25) is 0 Å². The number of hydrogen-bond donors (Lipinski definition) is 1. The molecule has 0 saturated carbocycles. The van der Waals surface area contributed by atoms with Crippen LogP contribution in [-0.4, -0.2) is 61.4 Å². The van der Waals surface area contributed by atoms with E-state index in [0.717, 1.165) is 32.1 Å². The Morgan fingerprint density at radius 3 is 2.22 bits per heavy atom. The number of carboxylic acid groups (broad SMARTS) is 1. The van der Waals surface area contributed by atoms with Crippen molar-refractivity contribution >= 4 is 11.9 Å². The third-order valence-corrected chi connectivity index (χ3v) is 4.15. The molecule has 158 valence electrons. The Morgan fingerprint density at radius 1 is 1.04 bits per heavy atom. The zero-order valence-corrected chi connectivity index (χ0v) is 17.6. The molecule has 6 heteroatoms. The lowest BCUT2D eigenvalue weighted by molar-refractivity contribution is -0.873. The van der Waals surface area contributed by atoms with E-state index in [1.54, 1.807) is 0 Å². The highest BCUT2D eigenvalue weighted by molar-refractivity contribution is 5.71. The van der Waals surface area contributed by atoms with Gasteiger partial charge in [-0.25, -0.2) is 0 Å². The molecule has 0 radical (unpaired) electrons. The summed E-state index contributed by atoms with van der Waals surface area (Å²) in [5, 5.41) is 20.8. The molecule has 1 N–H and O–H groups in total. The minimum Gasteiger partial charge on any atom is -0.550 e. The van der Waals surface area contributed by atoms with Gasteiger partial charge in [0, 0.05) is 12.4 Å². The summed E-state index contributed by atoms with van der Waals surface area (Å²) in [4.78, 5) is 22.8. The number of aliphatic hydroxyl groups is 1. The van der Waals surface area contributed by atoms with E-state index >= 15 is 0 Å². The molecule has 0 bridgehead atoms. The monoisotopic (exact) mass is 385 g/mol. The summed E-state index contributed by atoms with van der Waals surface area (Å²) in [5.41, 5.74) is 0. The molecule has 6 nitrogen and oxygen atoms in total. The topological polar surface area (TPSA) is 86.7 Å². The van der Waals surface area contributed by atoms with E-state index in [9.17, 15) is 19.8 Å². The fourth-order valence-electron chi connectivity index (χ4n) is 2.85. The number of esters is 1. The molecule has 0 aromatic rings. The van der Waals surface area contributed by atoms with E-state index in [1.165, 1.54) is 12.8 Å². The van der Waals surface area contributed by atoms with E-state index < -0.39 is 24.1 Å². The molecule has 0 aliphatic carbocycles. The number of ether oxygens (including phenoxy) is 1. The zero-order chi connectivity index (χ0) is 20.7. The van der Waals surface area contributed by atoms with Gasteiger partial charge in [-0.15, -0.1) is 0 Å². The van der Waals surface area contributed by atoms with Crippen LogP contribution in [0.1, 0.15) is 71.1 Å². The Labute approximate surface area is 164 Å². The first-order valence-corrected chi connectivity index (χ1v) is 10.2. The Kier molecular flexibility index (Phi) is 13.9. The minimum absolute atomic E-state index is 0.0996. The molecular formula is C21H39NO5. The van der Waals surface area contributed by atoms with Crippen molar-refractivity contribution < 1.29 is 29.0 Å². The average Bonchev–Trinajstić information content (AvgIpc) is 2.50. The Hall–Kier alpha value is -1.40. The normalized spacial score (nSPS) is 14.3. The van der Waals surface area contributed by atoms with Crippen molar-refractivity contribution in [1.82, 2.24) is 0 Å². The summed E-state index contributed by atoms with van der Waals surface area (Å²) in [7, 11) is 5.68. The number of likely N-dealkylation sites (N-methyl/N-ethyl adjacent to an activating group) is 1. The van der Waals surface area contributed by atoms with Gasteiger partial charge >= 0.3 is 5.97 Å². The highest BCUT2D eigenvalue weighted by Gasteiger charge is 2.23. The molecule has 2 atom stereocenters. The van der Waals surface area contributed by atoms with Crippen molar-refractivity contribution in [3.8, 4) is 0 Å². The number of nitrogens with zero attached hydrogens (tertiary/aromatic N) is 1. The number of quaternary nitrogens is 1. The molecule has 0 fully saturated rings. The van der Waals surface area contributed by atoms with Gasteiger partial charge < -0.3 is 24.2 Å². The van der Waals surface area contributed by atoms with E-state index in [0.29, 0.717) is 17.4 Å². The van der Waals surface area contributed by atoms with Crippen LogP contribution < -0.4 is 5.11 Å². The lowest BCUT2D eigenvalue weighted by Gasteiger charge is -2.29. The van der Waals surface area contributed by atoms with Gasteiger partial charge in [-0.3, -0.25) is 4.79 Å². The molecule has 2 unspecified atom stereocenters. The van der Waals surface area contributed by atoms with Crippen LogP contribution in [0.3, 0.4) is 0 Å². The first kappa shape index (κ1) is 25.6. The Bertz CT molecular complexity index is 442. The van der Waals surface area contributed by atoms with Crippen molar-refractivity contribution in [3.05, 3.63) is 12.2 Å². The third kappa shape index (κ3) is 17.8. The average molecular weight is 386 g/mol. The molecule has 0 spiro atoms. The summed E-state index contributed by atoms with van der Waals surface area (Å²) >= 11 is 0. The van der Waals surface area contributed by atoms with E-state index in [2.05, 4.69) is 19.1 Å². The maximum atomic E-state index is 12.0. The number of hydrogen-bond acceptors (Lipinski definition) is 5. The molecular weight excluding hydrogens is 346 g/mol. The lowest BCUT2D eigenvalue weighted by Crippen LogP contribution is -2.45. The summed E-state index contributed by atoms with van der Waals surface area (Å²) in [6.45, 7) is 2.56. The van der Waals surface area contributed by atoms with Crippen LogP contribution in [0.25, 0.3) is 0 Å². The quantitative estimate of drug-likeness (QED) is 0.190. The molecule has 0 amide bonds. The van der Waals surface area contributed by atoms with Gasteiger partial charge in [0.25, 0.3) is 0 Å². The molecule has 27 heavy (non-hydrogen) atoms. The predicted molar refractivity (Wildman–Crippen MR) is 105 cm³/mol. The van der Waals surface area contributed by atoms with Gasteiger partial charge in [-0.1, -0.05) is 44.8 Å². The summed E-state index contributed by atoms with van der Waals surface area (Å²) < 4.78 is 5.73. The molecule has 0 aliphatic heterocycles. The van der Waals surface area contributed by atoms with Gasteiger partial charge in [-0.2, -0.15) is 0 Å². The van der Waals surface area contributed by atoms with Gasteiger partial charge in [0.15, 0.2) is 6.10 Å². The molecule has 0 heterocycles. The summed E-state index contributed by atoms with van der Waals surface area (Å²) in [5.74, 6) is -1.80. The van der Waals surface area contributed by atoms with Gasteiger partial charge in [0.1, 0.15) is 6.54 Å². The number of rotatable bonds is 16. The largest absolute Gasteiger partial charge is 0.550 e. The van der Waals surface area contributed by atoms with E-state index in [-0.39, 0.29) is 12.8 Å². The zero-order valence-electron chi connectivity index (χ0n) is 17.6. The minimum atomic E-state index is -1.24. The highest BCUT2D eigenvalue weighted by Crippen LogP contribution is 2.12. The maximum Gasteiger partial charge on any atom is 0.308 e. The van der Waals surface area contributed by atoms with Crippen LogP contribution in [0.5, 0.6) is 0 Å². The van der Waals surface area contributed by atoms with E-state index in [1.807, 2.05) is 21.1 Å². The second-order valence-corrected chi connectivity index (χ2v) is 8.27. The summed E-state index contributed by atoms with van der Waals surface area (Å²) in [6, 6.07) is 0. The number of carbonyl (C=O) groups is 2. The summed E-state index contributed by atoms with van der Waals surface area (Å²) in [6.07, 6.45) is 10.7. The van der Waals surface area contributed by atoms with Crippen molar-refractivity contribution in [3.63, 3.8) is 0 Å². The van der Waals surface area contributed by atoms with Crippen LogP contribution in [0.4, 0.5) is 0 Å². The van der Waals surface area contributed by atoms with E-state index in [4.69, 9.17) is 4.74 Å². The van der Waals surface area contributed by atoms with Crippen molar-refractivity contribution in [2.75, 3.05) is 27.7 Å². The second kappa shape index (κ2) is 14.6. The van der Waals surface area contributed by atoms with Crippen molar-refractivity contribution in [2.45, 2.75) is 83.3 Å². The fraction of sp³-hybridized carbons (Fsp3) is 0.810. The number of carbonyl (C=O) groups excluding carboxylic acids is 2. The van der Waals surface area contributed by atoms with Crippen LogP contribution in [-0.2, 0) is 14.3 Å². The number of allylic oxidation sites excluding steroid dienone is 2. The third-order valence-electron chi connectivity index (χ3n) is 4.15. The highest BCUT2D eigenvalue weighted by atomic mass is 16.5. The van der Waals surface area contributed by atoms with Crippen LogP contribution in [0.2, 0.25) is 0 Å². The molecule has 0 aromatic heterocycles. The van der Waals surface area contributed by atoms with Crippen LogP contribution in [0.15, 0.2) is 12.2 Å². The standard InChI is InChI=1S/C21H39NO5/c1-5-6-7-8-9-10-11-12-13-14-18(23)15-21(26)27-19(16-20(24)25)17-22(2,3)4/h8-9,18-19,23H,5-7,10-17H2,1-4H3/b9-8-. The molecule has 0 aromatic carbocycles. The Balaban J connectivity index is 4.00. The molecule has 0 aliphatic rings. The number of carboxylic acids is 1. The maximum absolute atomic E-state index is 12.0. The smallest absolute Gasteiger partial charge is 0.308 e. The first-order chi connectivity index (χ1) is 12.6. The second-order valence-electron chi connectivity index (χ2n) is 8.27. The van der Waals surface area contributed by atoms with Crippen LogP contribution in [0, 0.1) is 0 Å². The number of aliphatic hydroxyl groups excluding tert-OH is 1. The van der Waals surface area contributed by atoms with Crippen LogP contribution >= 0.6 is 0 Å². The number of unbranched alkanes of at least 4 members (excludes halogenated alkanes) is 5. The Morgan fingerprint density at radius 2 is 1.67 bits per heavy atom. The van der Waals surface area contributed by atoms with Crippen molar-refractivity contribution in [2.24, 2.45) is 0 Å². The lowest BCUT2D eigenvalue weighted by atomic mass is 10.1. The van der Waals surface area contributed by atoms with Gasteiger partial charge in [0.05, 0.1) is 33.7 Å². The van der Waals surface area contributed by atoms with Crippen molar-refractivity contribution in [1.29, 1.82) is 0 Å². The SMILES string of the molecule is CCCC/C=C\CCCCCC(O)CC(=O)OC(CC(=O)[O-])C[N+](C)(C)C. The van der Waals surface area contributed by atoms with Gasteiger partial charge in [-0.05, 0) is 25.7 Å². The molecule has 0 saturated heterocycles. The molecule has 0 rings (SSSR count). The predicted octanol–water partition coefficient (Wildman–Crippen LogP) is 2.19.